The topological polar surface area (TPSA) is 118 Å². The fourth-order valence-electron chi connectivity index (χ4n) is 3.10. The van der Waals surface area contributed by atoms with E-state index in [2.05, 4.69) is 15.3 Å². The van der Waals surface area contributed by atoms with Crippen LogP contribution in [0.4, 0.5) is 15.4 Å². The van der Waals surface area contributed by atoms with E-state index >= 15 is 0 Å². The number of anilines is 1. The number of rotatable bonds is 6. The maximum Gasteiger partial charge on any atom is 0.413 e. The lowest BCUT2D eigenvalue weighted by Gasteiger charge is -2.21. The minimum atomic E-state index is -1.19. The Morgan fingerprint density at radius 3 is 2.69 bits per heavy atom. The average molecular weight is 481 g/mol. The van der Waals surface area contributed by atoms with E-state index < -0.39 is 17.8 Å². The van der Waals surface area contributed by atoms with Crippen molar-refractivity contribution in [3.63, 3.8) is 0 Å². The number of hydrogen-bond donors (Lipinski definition) is 2. The fourth-order valence-corrected chi connectivity index (χ4v) is 4.64. The molecule has 32 heavy (non-hydrogen) atoms. The molecule has 0 aliphatic heterocycles. The summed E-state index contributed by atoms with van der Waals surface area (Å²) in [5, 5.41) is 12.6. The van der Waals surface area contributed by atoms with Crippen molar-refractivity contribution >= 4 is 51.2 Å². The third kappa shape index (κ3) is 5.68. The van der Waals surface area contributed by atoms with Gasteiger partial charge in [0, 0.05) is 17.3 Å². The summed E-state index contributed by atoms with van der Waals surface area (Å²) < 4.78 is 11.2. The Morgan fingerprint density at radius 1 is 1.38 bits per heavy atom. The number of amides is 2. The van der Waals surface area contributed by atoms with Crippen molar-refractivity contribution in [3.05, 3.63) is 39.9 Å². The minimum Gasteiger partial charge on any atom is -0.467 e. The average Bonchev–Trinajstić information content (AvgIpc) is 3.26. The van der Waals surface area contributed by atoms with Gasteiger partial charge in [-0.05, 0) is 63.9 Å². The number of hydrogen-bond acceptors (Lipinski definition) is 7. The SMILES string of the molecule is Cc1c(C[C@H](C)NC(=O)OC(C)(C)C)sc2c(N(Cc3ccco3)C(=O)O)nc(Cl)nc12. The van der Waals surface area contributed by atoms with E-state index in [1.807, 2.05) is 13.8 Å². The number of alkyl carbamates (subject to hydrolysis) is 1. The number of thiophene rings is 1. The molecular weight excluding hydrogens is 456 g/mol. The summed E-state index contributed by atoms with van der Waals surface area (Å²) in [5.74, 6) is 0.662. The number of ether oxygens (including phenoxy) is 1. The highest BCUT2D eigenvalue weighted by Gasteiger charge is 2.26. The monoisotopic (exact) mass is 480 g/mol. The van der Waals surface area contributed by atoms with E-state index in [1.54, 1.807) is 32.9 Å². The highest BCUT2D eigenvalue weighted by molar-refractivity contribution is 7.19. The molecule has 3 heterocycles. The third-order valence-electron chi connectivity index (χ3n) is 4.45. The van der Waals surface area contributed by atoms with E-state index in [0.29, 0.717) is 22.4 Å². The Kier molecular flexibility index (Phi) is 6.94. The third-order valence-corrected chi connectivity index (χ3v) is 5.92. The lowest BCUT2D eigenvalue weighted by Crippen LogP contribution is -2.38. The zero-order valence-corrected chi connectivity index (χ0v) is 20.0. The van der Waals surface area contributed by atoms with Gasteiger partial charge >= 0.3 is 12.2 Å². The summed E-state index contributed by atoms with van der Waals surface area (Å²) in [6.07, 6.45) is 0.298. The van der Waals surface area contributed by atoms with Crippen molar-refractivity contribution in [2.75, 3.05) is 4.90 Å². The van der Waals surface area contributed by atoms with Crippen molar-refractivity contribution in [1.82, 2.24) is 15.3 Å². The van der Waals surface area contributed by atoms with E-state index in [9.17, 15) is 14.7 Å². The molecule has 3 aromatic heterocycles. The summed E-state index contributed by atoms with van der Waals surface area (Å²) >= 11 is 7.51. The first-order valence-corrected chi connectivity index (χ1v) is 11.1. The first-order chi connectivity index (χ1) is 14.9. The highest BCUT2D eigenvalue weighted by atomic mass is 35.5. The number of halogens is 1. The molecule has 0 saturated carbocycles. The molecule has 9 nitrogen and oxygen atoms in total. The number of furan rings is 1. The van der Waals surface area contributed by atoms with Crippen LogP contribution in [0, 0.1) is 6.92 Å². The quantitative estimate of drug-likeness (QED) is 0.454. The molecule has 0 spiro atoms. The lowest BCUT2D eigenvalue weighted by molar-refractivity contribution is 0.0508. The zero-order chi connectivity index (χ0) is 23.6. The second kappa shape index (κ2) is 9.33. The van der Waals surface area contributed by atoms with Crippen LogP contribution >= 0.6 is 22.9 Å². The van der Waals surface area contributed by atoms with Crippen molar-refractivity contribution < 1.29 is 23.8 Å². The molecular formula is C21H25ClN4O5S. The molecule has 3 aromatic rings. The summed E-state index contributed by atoms with van der Waals surface area (Å²) in [7, 11) is 0. The van der Waals surface area contributed by atoms with Crippen LogP contribution in [0.1, 0.15) is 43.9 Å². The lowest BCUT2D eigenvalue weighted by atomic mass is 10.1. The number of nitrogens with zero attached hydrogens (tertiary/aromatic N) is 3. The van der Waals surface area contributed by atoms with Gasteiger partial charge in [0.05, 0.1) is 23.0 Å². The fraction of sp³-hybridized carbons (Fsp3) is 0.429. The molecule has 0 radical (unpaired) electrons. The molecule has 2 amide bonds. The number of carbonyl (C=O) groups is 2. The second-order valence-corrected chi connectivity index (χ2v) is 9.79. The van der Waals surface area contributed by atoms with Gasteiger partial charge in [0.2, 0.25) is 5.28 Å². The van der Waals surface area contributed by atoms with Crippen LogP contribution in [0.5, 0.6) is 0 Å². The van der Waals surface area contributed by atoms with Crippen molar-refractivity contribution in [2.45, 2.75) is 59.2 Å². The van der Waals surface area contributed by atoms with Gasteiger partial charge in [0.1, 0.15) is 11.4 Å². The van der Waals surface area contributed by atoms with Gasteiger partial charge in [-0.3, -0.25) is 4.90 Å². The van der Waals surface area contributed by atoms with Gasteiger partial charge in [-0.2, -0.15) is 4.98 Å². The zero-order valence-electron chi connectivity index (χ0n) is 18.4. The van der Waals surface area contributed by atoms with Crippen LogP contribution in [-0.2, 0) is 17.7 Å². The first-order valence-electron chi connectivity index (χ1n) is 9.92. The smallest absolute Gasteiger partial charge is 0.413 e. The highest BCUT2D eigenvalue weighted by Crippen LogP contribution is 2.37. The summed E-state index contributed by atoms with van der Waals surface area (Å²) in [4.78, 5) is 34.6. The van der Waals surface area contributed by atoms with E-state index in [0.717, 1.165) is 15.3 Å². The van der Waals surface area contributed by atoms with Gasteiger partial charge in [-0.15, -0.1) is 11.3 Å². The minimum absolute atomic E-state index is 0.0202. The van der Waals surface area contributed by atoms with Crippen LogP contribution < -0.4 is 10.2 Å². The van der Waals surface area contributed by atoms with E-state index in [1.165, 1.54) is 17.6 Å². The molecule has 172 valence electrons. The molecule has 0 bridgehead atoms. The number of aromatic nitrogens is 2. The van der Waals surface area contributed by atoms with E-state index in [-0.39, 0.29) is 23.7 Å². The first kappa shape index (κ1) is 23.8. The van der Waals surface area contributed by atoms with Crippen molar-refractivity contribution in [3.8, 4) is 0 Å². The molecule has 0 aromatic carbocycles. The van der Waals surface area contributed by atoms with E-state index in [4.69, 9.17) is 20.8 Å². The predicted octanol–water partition coefficient (Wildman–Crippen LogP) is 5.39. The van der Waals surface area contributed by atoms with Crippen molar-refractivity contribution in [1.29, 1.82) is 0 Å². The Hall–Kier alpha value is -2.85. The molecule has 2 N–H and O–H groups in total. The Balaban J connectivity index is 1.91. The van der Waals surface area contributed by atoms with Crippen molar-refractivity contribution in [2.24, 2.45) is 0 Å². The van der Waals surface area contributed by atoms with Gasteiger partial charge in [-0.25, -0.2) is 14.6 Å². The van der Waals surface area contributed by atoms with Gasteiger partial charge in [0.15, 0.2) is 5.82 Å². The van der Waals surface area contributed by atoms with Gasteiger partial charge in [0.25, 0.3) is 0 Å². The van der Waals surface area contributed by atoms with Crippen LogP contribution in [0.2, 0.25) is 5.28 Å². The second-order valence-electron chi connectivity index (χ2n) is 8.34. The van der Waals surface area contributed by atoms with Gasteiger partial charge in [-0.1, -0.05) is 0 Å². The molecule has 0 aliphatic carbocycles. The molecule has 0 aliphatic rings. The maximum absolute atomic E-state index is 12.1. The van der Waals surface area contributed by atoms with Crippen LogP contribution in [0.15, 0.2) is 22.8 Å². The Labute approximate surface area is 194 Å². The standard InChI is InChI=1S/C21H25ClN4O5S/c1-11(23-19(27)31-21(3,4)5)9-14-12(2)15-16(32-14)17(25-18(22)24-15)26(20(28)29)10-13-7-6-8-30-13/h6-8,11H,9-10H2,1-5H3,(H,23,27)(H,28,29)/t11-/m0/s1. The normalized spacial score (nSPS) is 12.6. The molecule has 0 fully saturated rings. The maximum atomic E-state index is 12.1. The number of fused-ring (bicyclic) bond motifs is 1. The van der Waals surface area contributed by atoms with Crippen LogP contribution in [-0.4, -0.2) is 38.9 Å². The molecule has 11 heteroatoms. The number of carbonyl (C=O) groups excluding carboxylic acids is 1. The number of nitrogens with one attached hydrogen (secondary N) is 1. The Bertz CT molecular complexity index is 1120. The van der Waals surface area contributed by atoms with Crippen LogP contribution in [0.25, 0.3) is 10.2 Å². The largest absolute Gasteiger partial charge is 0.467 e. The summed E-state index contributed by atoms with van der Waals surface area (Å²) in [6.45, 7) is 9.14. The van der Waals surface area contributed by atoms with Crippen LogP contribution in [0.3, 0.4) is 0 Å². The van der Waals surface area contributed by atoms with Gasteiger partial charge < -0.3 is 19.6 Å². The number of aryl methyl sites for hydroxylation is 1. The molecule has 1 atom stereocenters. The number of carboxylic acid groups (broad SMARTS) is 1. The predicted molar refractivity (Wildman–Crippen MR) is 123 cm³/mol. The summed E-state index contributed by atoms with van der Waals surface area (Å²) in [5.41, 5.74) is 0.847. The molecule has 3 rings (SSSR count). The molecule has 0 unspecified atom stereocenters. The molecule has 0 saturated heterocycles. The Morgan fingerprint density at radius 2 is 2.09 bits per heavy atom. The summed E-state index contributed by atoms with van der Waals surface area (Å²) in [6, 6.07) is 3.15.